The molecule has 1 heterocycles. The lowest BCUT2D eigenvalue weighted by Crippen LogP contribution is -2.28. The van der Waals surface area contributed by atoms with Crippen LogP contribution in [0.2, 0.25) is 0 Å². The fourth-order valence-electron chi connectivity index (χ4n) is 2.94. The molecule has 0 atom stereocenters. The lowest BCUT2D eigenvalue weighted by molar-refractivity contribution is 0.0793. The molecule has 0 unspecified atom stereocenters. The van der Waals surface area contributed by atoms with Gasteiger partial charge in [-0.1, -0.05) is 12.1 Å². The molecule has 0 aliphatic carbocycles. The number of hydrogen-bond donors (Lipinski definition) is 0. The van der Waals surface area contributed by atoms with Crippen LogP contribution in [0.15, 0.2) is 48.8 Å². The lowest BCUT2D eigenvalue weighted by atomic mass is 10.1. The fourth-order valence-corrected chi connectivity index (χ4v) is 2.94. The first-order valence-corrected chi connectivity index (χ1v) is 8.92. The number of amides is 1. The minimum absolute atomic E-state index is 0.0396. The van der Waals surface area contributed by atoms with Crippen molar-refractivity contribution in [3.8, 4) is 17.2 Å². The van der Waals surface area contributed by atoms with Crippen molar-refractivity contribution in [2.45, 2.75) is 12.8 Å². The van der Waals surface area contributed by atoms with Crippen molar-refractivity contribution in [1.82, 2.24) is 25.1 Å². The second kappa shape index (κ2) is 8.98. The van der Waals surface area contributed by atoms with E-state index in [-0.39, 0.29) is 5.91 Å². The van der Waals surface area contributed by atoms with Crippen molar-refractivity contribution in [3.05, 3.63) is 59.9 Å². The Kier molecular flexibility index (Phi) is 6.21. The van der Waals surface area contributed by atoms with E-state index in [9.17, 15) is 4.79 Å². The fraction of sp³-hybridized carbons (Fsp3) is 0.300. The van der Waals surface area contributed by atoms with Gasteiger partial charge in [0, 0.05) is 19.2 Å². The molecule has 0 saturated carbocycles. The van der Waals surface area contributed by atoms with Gasteiger partial charge in [0.2, 0.25) is 0 Å². The Morgan fingerprint density at radius 3 is 2.64 bits per heavy atom. The van der Waals surface area contributed by atoms with Gasteiger partial charge in [0.05, 0.1) is 19.9 Å². The number of hydrogen-bond acceptors (Lipinski definition) is 6. The maximum atomic E-state index is 12.7. The van der Waals surface area contributed by atoms with Gasteiger partial charge in [0.1, 0.15) is 6.33 Å². The summed E-state index contributed by atoms with van der Waals surface area (Å²) < 4.78 is 12.1. The zero-order valence-electron chi connectivity index (χ0n) is 16.2. The van der Waals surface area contributed by atoms with Gasteiger partial charge in [-0.2, -0.15) is 0 Å². The van der Waals surface area contributed by atoms with Crippen LogP contribution in [-0.4, -0.2) is 58.8 Å². The monoisotopic (exact) mass is 381 g/mol. The van der Waals surface area contributed by atoms with Gasteiger partial charge >= 0.3 is 0 Å². The number of carbonyl (C=O) groups is 1. The Morgan fingerprint density at radius 2 is 1.93 bits per heavy atom. The number of ether oxygens (including phenoxy) is 2. The van der Waals surface area contributed by atoms with Gasteiger partial charge in [-0.05, 0) is 59.2 Å². The third kappa shape index (κ3) is 4.46. The van der Waals surface area contributed by atoms with E-state index in [0.29, 0.717) is 23.6 Å². The highest BCUT2D eigenvalue weighted by Crippen LogP contribution is 2.28. The van der Waals surface area contributed by atoms with Crippen LogP contribution in [0.1, 0.15) is 22.3 Å². The van der Waals surface area contributed by atoms with Gasteiger partial charge < -0.3 is 14.4 Å². The number of rotatable bonds is 8. The molecule has 146 valence electrons. The molecule has 1 aromatic heterocycles. The summed E-state index contributed by atoms with van der Waals surface area (Å²) in [6.45, 7) is 0.641. The molecule has 0 radical (unpaired) electrons. The first kappa shape index (κ1) is 19.3. The zero-order chi connectivity index (χ0) is 19.9. The molecule has 0 spiro atoms. The number of aryl methyl sites for hydroxylation is 1. The molecule has 3 aromatic rings. The highest BCUT2D eigenvalue weighted by molar-refractivity contribution is 5.94. The summed E-state index contributed by atoms with van der Waals surface area (Å²) in [5.74, 6) is 1.38. The number of tetrazole rings is 1. The molecule has 1 amide bonds. The number of nitrogens with zero attached hydrogens (tertiary/aromatic N) is 5. The Hall–Kier alpha value is -3.42. The first-order chi connectivity index (χ1) is 13.6. The van der Waals surface area contributed by atoms with Crippen LogP contribution in [0.3, 0.4) is 0 Å². The summed E-state index contributed by atoms with van der Waals surface area (Å²) in [5.41, 5.74) is 2.48. The van der Waals surface area contributed by atoms with Gasteiger partial charge in [-0.15, -0.1) is 5.10 Å². The van der Waals surface area contributed by atoms with Crippen molar-refractivity contribution in [2.24, 2.45) is 0 Å². The predicted molar refractivity (Wildman–Crippen MR) is 104 cm³/mol. The van der Waals surface area contributed by atoms with Crippen molar-refractivity contribution >= 4 is 5.91 Å². The van der Waals surface area contributed by atoms with Gasteiger partial charge in [-0.3, -0.25) is 4.79 Å². The largest absolute Gasteiger partial charge is 0.493 e. The van der Waals surface area contributed by atoms with E-state index in [1.807, 2.05) is 30.3 Å². The molecule has 0 saturated heterocycles. The third-order valence-electron chi connectivity index (χ3n) is 4.46. The molecule has 0 N–H and O–H groups in total. The minimum Gasteiger partial charge on any atom is -0.493 e. The Bertz CT molecular complexity index is 927. The highest BCUT2D eigenvalue weighted by atomic mass is 16.5. The standard InChI is InChI=1S/C20H23N5O3/c1-24(11-5-6-15-9-10-18(27-2)19(12-15)28-3)20(26)16-7-4-8-17(13-16)25-14-21-22-23-25/h4,7-10,12-14H,5-6,11H2,1-3H3. The average molecular weight is 381 g/mol. The van der Waals surface area contributed by atoms with Crippen LogP contribution in [0, 0.1) is 0 Å². The lowest BCUT2D eigenvalue weighted by Gasteiger charge is -2.18. The summed E-state index contributed by atoms with van der Waals surface area (Å²) in [7, 11) is 5.05. The zero-order valence-corrected chi connectivity index (χ0v) is 16.2. The van der Waals surface area contributed by atoms with Gasteiger partial charge in [-0.25, -0.2) is 4.68 Å². The molecule has 0 aliphatic heterocycles. The maximum Gasteiger partial charge on any atom is 0.253 e. The van der Waals surface area contributed by atoms with Crippen molar-refractivity contribution in [2.75, 3.05) is 27.8 Å². The number of benzene rings is 2. The molecule has 0 bridgehead atoms. The Balaban J connectivity index is 1.58. The first-order valence-electron chi connectivity index (χ1n) is 8.92. The van der Waals surface area contributed by atoms with E-state index >= 15 is 0 Å². The Labute approximate surface area is 163 Å². The van der Waals surface area contributed by atoms with Crippen LogP contribution in [0.4, 0.5) is 0 Å². The molecule has 8 nitrogen and oxygen atoms in total. The third-order valence-corrected chi connectivity index (χ3v) is 4.46. The van der Waals surface area contributed by atoms with Gasteiger partial charge in [0.15, 0.2) is 11.5 Å². The normalized spacial score (nSPS) is 10.5. The van der Waals surface area contributed by atoms with Crippen LogP contribution in [0.5, 0.6) is 11.5 Å². The molecule has 0 aliphatic rings. The summed E-state index contributed by atoms with van der Waals surface area (Å²) in [4.78, 5) is 14.4. The van der Waals surface area contributed by atoms with E-state index in [2.05, 4.69) is 15.5 Å². The van der Waals surface area contributed by atoms with E-state index in [1.54, 1.807) is 38.3 Å². The number of methoxy groups -OCH3 is 2. The Morgan fingerprint density at radius 1 is 1.11 bits per heavy atom. The predicted octanol–water partition coefficient (Wildman–Crippen LogP) is 2.38. The van der Waals surface area contributed by atoms with Crippen LogP contribution in [-0.2, 0) is 6.42 Å². The molecule has 0 fully saturated rings. The smallest absolute Gasteiger partial charge is 0.253 e. The quantitative estimate of drug-likeness (QED) is 0.596. The highest BCUT2D eigenvalue weighted by Gasteiger charge is 2.13. The van der Waals surface area contributed by atoms with Crippen molar-refractivity contribution in [3.63, 3.8) is 0 Å². The van der Waals surface area contributed by atoms with Crippen LogP contribution < -0.4 is 9.47 Å². The van der Waals surface area contributed by atoms with Crippen LogP contribution >= 0.6 is 0 Å². The second-order valence-corrected chi connectivity index (χ2v) is 6.32. The van der Waals surface area contributed by atoms with E-state index in [0.717, 1.165) is 24.1 Å². The summed E-state index contributed by atoms with van der Waals surface area (Å²) in [6.07, 6.45) is 3.17. The number of aromatic nitrogens is 4. The molecule has 2 aromatic carbocycles. The summed E-state index contributed by atoms with van der Waals surface area (Å²) >= 11 is 0. The summed E-state index contributed by atoms with van der Waals surface area (Å²) in [5, 5.41) is 11.1. The molecule has 8 heteroatoms. The van der Waals surface area contributed by atoms with Gasteiger partial charge in [0.25, 0.3) is 5.91 Å². The molecule has 3 rings (SSSR count). The number of carbonyl (C=O) groups excluding carboxylic acids is 1. The second-order valence-electron chi connectivity index (χ2n) is 6.32. The van der Waals surface area contributed by atoms with E-state index in [4.69, 9.17) is 9.47 Å². The molecule has 28 heavy (non-hydrogen) atoms. The topological polar surface area (TPSA) is 82.4 Å². The van der Waals surface area contributed by atoms with E-state index < -0.39 is 0 Å². The minimum atomic E-state index is -0.0396. The van der Waals surface area contributed by atoms with Crippen molar-refractivity contribution in [1.29, 1.82) is 0 Å². The van der Waals surface area contributed by atoms with Crippen molar-refractivity contribution < 1.29 is 14.3 Å². The van der Waals surface area contributed by atoms with Crippen LogP contribution in [0.25, 0.3) is 5.69 Å². The summed E-state index contributed by atoms with van der Waals surface area (Å²) in [6, 6.07) is 13.1. The maximum absolute atomic E-state index is 12.7. The SMILES string of the molecule is COc1ccc(CCCN(C)C(=O)c2cccc(-n3cnnn3)c2)cc1OC. The molecular formula is C20H23N5O3. The average Bonchev–Trinajstić information content (AvgIpc) is 3.28. The van der Waals surface area contributed by atoms with E-state index in [1.165, 1.54) is 11.0 Å². The molecular weight excluding hydrogens is 358 g/mol.